The first kappa shape index (κ1) is 19.8. The molecule has 0 aliphatic rings. The van der Waals surface area contributed by atoms with Crippen LogP contribution in [0.3, 0.4) is 0 Å². The van der Waals surface area contributed by atoms with Gasteiger partial charge in [0, 0.05) is 31.3 Å². The zero-order valence-electron chi connectivity index (χ0n) is 15.5. The molecule has 1 N–H and O–H groups in total. The van der Waals surface area contributed by atoms with Gasteiger partial charge in [0.2, 0.25) is 5.91 Å². The van der Waals surface area contributed by atoms with Gasteiger partial charge >= 0.3 is 0 Å². The van der Waals surface area contributed by atoms with Crippen LogP contribution in [0.4, 0.5) is 14.5 Å². The SMILES string of the molecule is COc1c(C)cc(CN(C)CCC(=O)Nc2ccc(F)c(F)c2)cc1C. The Labute approximate surface area is 152 Å². The van der Waals surface area contributed by atoms with E-state index in [9.17, 15) is 13.6 Å². The minimum Gasteiger partial charge on any atom is -0.496 e. The van der Waals surface area contributed by atoms with Crippen LogP contribution in [0.5, 0.6) is 5.75 Å². The number of carbonyl (C=O) groups is 1. The molecule has 0 saturated carbocycles. The van der Waals surface area contributed by atoms with E-state index in [1.807, 2.05) is 25.8 Å². The molecule has 0 aliphatic heterocycles. The van der Waals surface area contributed by atoms with Crippen LogP contribution in [-0.4, -0.2) is 31.5 Å². The highest BCUT2D eigenvalue weighted by atomic mass is 19.2. The number of hydrogen-bond acceptors (Lipinski definition) is 3. The molecule has 6 heteroatoms. The molecule has 0 spiro atoms. The predicted molar refractivity (Wildman–Crippen MR) is 98.4 cm³/mol. The maximum absolute atomic E-state index is 13.2. The van der Waals surface area contributed by atoms with Gasteiger partial charge in [0.25, 0.3) is 0 Å². The van der Waals surface area contributed by atoms with Crippen LogP contribution in [0.2, 0.25) is 0 Å². The number of methoxy groups -OCH3 is 1. The maximum Gasteiger partial charge on any atom is 0.225 e. The summed E-state index contributed by atoms with van der Waals surface area (Å²) in [7, 11) is 3.59. The Bertz CT molecular complexity index is 770. The lowest BCUT2D eigenvalue weighted by molar-refractivity contribution is -0.116. The number of nitrogens with zero attached hydrogens (tertiary/aromatic N) is 1. The zero-order valence-corrected chi connectivity index (χ0v) is 15.5. The number of anilines is 1. The monoisotopic (exact) mass is 362 g/mol. The quantitative estimate of drug-likeness (QED) is 0.808. The van der Waals surface area contributed by atoms with Gasteiger partial charge in [0.05, 0.1) is 7.11 Å². The Morgan fingerprint density at radius 1 is 1.12 bits per heavy atom. The molecule has 140 valence electrons. The Morgan fingerprint density at radius 3 is 2.35 bits per heavy atom. The highest BCUT2D eigenvalue weighted by Crippen LogP contribution is 2.24. The fourth-order valence-electron chi connectivity index (χ4n) is 2.93. The molecule has 0 radical (unpaired) electrons. The van der Waals surface area contributed by atoms with E-state index in [1.54, 1.807) is 7.11 Å². The van der Waals surface area contributed by atoms with E-state index in [1.165, 1.54) is 6.07 Å². The van der Waals surface area contributed by atoms with Crippen molar-refractivity contribution >= 4 is 11.6 Å². The summed E-state index contributed by atoms with van der Waals surface area (Å²) in [6.07, 6.45) is 0.254. The summed E-state index contributed by atoms with van der Waals surface area (Å²) in [6.45, 7) is 5.25. The van der Waals surface area contributed by atoms with Gasteiger partial charge in [0.1, 0.15) is 5.75 Å². The number of hydrogen-bond donors (Lipinski definition) is 1. The second-order valence-electron chi connectivity index (χ2n) is 6.43. The van der Waals surface area contributed by atoms with Gasteiger partial charge in [-0.25, -0.2) is 8.78 Å². The van der Waals surface area contributed by atoms with Crippen LogP contribution in [0.1, 0.15) is 23.1 Å². The van der Waals surface area contributed by atoms with Crippen molar-refractivity contribution in [3.63, 3.8) is 0 Å². The summed E-state index contributed by atoms with van der Waals surface area (Å²) in [5.41, 5.74) is 3.54. The third-order valence-electron chi connectivity index (χ3n) is 4.10. The van der Waals surface area contributed by atoms with Crippen molar-refractivity contribution in [3.8, 4) is 5.75 Å². The fraction of sp³-hybridized carbons (Fsp3) is 0.350. The summed E-state index contributed by atoms with van der Waals surface area (Å²) in [4.78, 5) is 14.0. The number of ether oxygens (including phenoxy) is 1. The first-order valence-corrected chi connectivity index (χ1v) is 8.37. The molecule has 0 aromatic heterocycles. The lowest BCUT2D eigenvalue weighted by Crippen LogP contribution is -2.24. The molecular weight excluding hydrogens is 338 g/mol. The van der Waals surface area contributed by atoms with Crippen LogP contribution >= 0.6 is 0 Å². The Morgan fingerprint density at radius 2 is 1.77 bits per heavy atom. The van der Waals surface area contributed by atoms with E-state index in [0.717, 1.165) is 34.6 Å². The van der Waals surface area contributed by atoms with Crippen molar-refractivity contribution in [2.24, 2.45) is 0 Å². The molecule has 2 aromatic rings. The van der Waals surface area contributed by atoms with Crippen molar-refractivity contribution in [1.82, 2.24) is 4.90 Å². The van der Waals surface area contributed by atoms with Crippen molar-refractivity contribution in [1.29, 1.82) is 0 Å². The average molecular weight is 362 g/mol. The van der Waals surface area contributed by atoms with Gasteiger partial charge in [-0.05, 0) is 49.7 Å². The largest absolute Gasteiger partial charge is 0.496 e. The number of aryl methyl sites for hydroxylation is 2. The fourth-order valence-corrected chi connectivity index (χ4v) is 2.93. The third-order valence-corrected chi connectivity index (χ3v) is 4.10. The average Bonchev–Trinajstić information content (AvgIpc) is 2.56. The molecular formula is C20H24F2N2O2. The maximum atomic E-state index is 13.2. The summed E-state index contributed by atoms with van der Waals surface area (Å²) in [5, 5.41) is 2.57. The highest BCUT2D eigenvalue weighted by Gasteiger charge is 2.10. The molecule has 2 rings (SSSR count). The molecule has 0 aliphatic carbocycles. The van der Waals surface area contributed by atoms with Crippen molar-refractivity contribution < 1.29 is 18.3 Å². The predicted octanol–water partition coefficient (Wildman–Crippen LogP) is 4.05. The number of benzene rings is 2. The van der Waals surface area contributed by atoms with Gasteiger partial charge in [-0.15, -0.1) is 0 Å². The number of carbonyl (C=O) groups excluding carboxylic acids is 1. The van der Waals surface area contributed by atoms with Crippen LogP contribution in [-0.2, 0) is 11.3 Å². The molecule has 1 amide bonds. The van der Waals surface area contributed by atoms with Gasteiger partial charge in [-0.2, -0.15) is 0 Å². The van der Waals surface area contributed by atoms with Crippen molar-refractivity contribution in [3.05, 3.63) is 58.7 Å². The number of halogens is 2. The van der Waals surface area contributed by atoms with E-state index < -0.39 is 11.6 Å². The number of rotatable bonds is 7. The van der Waals surface area contributed by atoms with Crippen LogP contribution in [0, 0.1) is 25.5 Å². The van der Waals surface area contributed by atoms with Gasteiger partial charge < -0.3 is 15.0 Å². The molecule has 0 bridgehead atoms. The number of amides is 1. The lowest BCUT2D eigenvalue weighted by atomic mass is 10.1. The van der Waals surface area contributed by atoms with Crippen LogP contribution in [0.15, 0.2) is 30.3 Å². The highest BCUT2D eigenvalue weighted by molar-refractivity contribution is 5.90. The molecule has 0 unspecified atom stereocenters. The second kappa shape index (κ2) is 8.76. The van der Waals surface area contributed by atoms with E-state index in [0.29, 0.717) is 13.1 Å². The minimum atomic E-state index is -0.981. The molecule has 26 heavy (non-hydrogen) atoms. The number of nitrogens with one attached hydrogen (secondary N) is 1. The van der Waals surface area contributed by atoms with E-state index in [2.05, 4.69) is 17.4 Å². The molecule has 0 saturated heterocycles. The molecule has 0 heterocycles. The smallest absolute Gasteiger partial charge is 0.225 e. The molecule has 0 atom stereocenters. The van der Waals surface area contributed by atoms with E-state index in [4.69, 9.17) is 4.74 Å². The van der Waals surface area contributed by atoms with E-state index >= 15 is 0 Å². The third kappa shape index (κ3) is 5.26. The summed E-state index contributed by atoms with van der Waals surface area (Å²) < 4.78 is 31.4. The van der Waals surface area contributed by atoms with Crippen LogP contribution in [0.25, 0.3) is 0 Å². The standard InChI is InChI=1S/C20H24F2N2O2/c1-13-9-15(10-14(2)20(13)26-4)12-24(3)8-7-19(25)23-16-5-6-17(21)18(22)11-16/h5-6,9-11H,7-8,12H2,1-4H3,(H,23,25). The molecule has 0 fully saturated rings. The van der Waals surface area contributed by atoms with Crippen LogP contribution < -0.4 is 10.1 Å². The van der Waals surface area contributed by atoms with E-state index in [-0.39, 0.29) is 18.0 Å². The topological polar surface area (TPSA) is 41.6 Å². The first-order chi connectivity index (χ1) is 12.3. The normalized spacial score (nSPS) is 10.9. The van der Waals surface area contributed by atoms with Gasteiger partial charge in [-0.1, -0.05) is 12.1 Å². The molecule has 2 aromatic carbocycles. The Hall–Kier alpha value is -2.47. The minimum absolute atomic E-state index is 0.245. The Kier molecular flexibility index (Phi) is 6.69. The molecule has 4 nitrogen and oxygen atoms in total. The summed E-state index contributed by atoms with van der Waals surface area (Å²) in [5.74, 6) is -1.27. The lowest BCUT2D eigenvalue weighted by Gasteiger charge is -2.18. The van der Waals surface area contributed by atoms with Gasteiger partial charge in [-0.3, -0.25) is 4.79 Å². The zero-order chi connectivity index (χ0) is 19.3. The summed E-state index contributed by atoms with van der Waals surface area (Å²) in [6, 6.07) is 7.45. The van der Waals surface area contributed by atoms with Gasteiger partial charge in [0.15, 0.2) is 11.6 Å². The second-order valence-corrected chi connectivity index (χ2v) is 6.43. The summed E-state index contributed by atoms with van der Waals surface area (Å²) >= 11 is 0. The first-order valence-electron chi connectivity index (χ1n) is 8.37. The Balaban J connectivity index is 1.87. The van der Waals surface area contributed by atoms with Crippen molar-refractivity contribution in [2.45, 2.75) is 26.8 Å². The van der Waals surface area contributed by atoms with Crippen molar-refractivity contribution in [2.75, 3.05) is 26.0 Å².